The molecule has 0 aliphatic carbocycles. The van der Waals surface area contributed by atoms with Gasteiger partial charge in [-0.2, -0.15) is 0 Å². The van der Waals surface area contributed by atoms with E-state index in [0.29, 0.717) is 12.0 Å². The Kier molecular flexibility index (Phi) is 3.11. The molecule has 0 saturated carbocycles. The van der Waals surface area contributed by atoms with Gasteiger partial charge in [0.25, 0.3) is 0 Å². The van der Waals surface area contributed by atoms with Crippen LogP contribution in [0.15, 0.2) is 0 Å². The Bertz CT molecular complexity index is 384. The van der Waals surface area contributed by atoms with Crippen molar-refractivity contribution in [2.45, 2.75) is 44.7 Å². The number of nitrogens with one attached hydrogen (secondary N) is 1. The van der Waals surface area contributed by atoms with Gasteiger partial charge in [0.1, 0.15) is 11.6 Å². The molecule has 0 spiro atoms. The number of hydrogen-bond donors (Lipinski definition) is 2. The first kappa shape index (κ1) is 11.2. The van der Waals surface area contributed by atoms with Gasteiger partial charge in [-0.05, 0) is 31.7 Å². The number of fused-ring (bicyclic) bond motifs is 1. The molecular weight excluding hydrogens is 216 g/mol. The van der Waals surface area contributed by atoms with Gasteiger partial charge in [-0.3, -0.25) is 0 Å². The molecular formula is C12H20N4O. The standard InChI is InChI=1S/C12H20N4O/c17-8-9-4-6-16-11(7-9)14-15-12(16)10-3-1-2-5-13-10/h9-10,13,17H,1-8H2. The molecule has 2 atom stereocenters. The van der Waals surface area contributed by atoms with E-state index in [4.69, 9.17) is 0 Å². The number of aliphatic hydroxyl groups is 1. The van der Waals surface area contributed by atoms with Crippen LogP contribution in [0.4, 0.5) is 0 Å². The fourth-order valence-electron chi connectivity index (χ4n) is 2.90. The normalized spacial score (nSPS) is 29.0. The highest BCUT2D eigenvalue weighted by Crippen LogP contribution is 2.26. The van der Waals surface area contributed by atoms with Crippen molar-refractivity contribution in [3.63, 3.8) is 0 Å². The molecule has 3 heterocycles. The zero-order valence-electron chi connectivity index (χ0n) is 10.1. The maximum absolute atomic E-state index is 9.20. The summed E-state index contributed by atoms with van der Waals surface area (Å²) in [5.74, 6) is 2.53. The molecule has 1 aromatic heterocycles. The smallest absolute Gasteiger partial charge is 0.150 e. The Hall–Kier alpha value is -0.940. The van der Waals surface area contributed by atoms with E-state index in [9.17, 15) is 5.11 Å². The Morgan fingerprint density at radius 2 is 2.24 bits per heavy atom. The molecule has 2 aliphatic heterocycles. The predicted molar refractivity (Wildman–Crippen MR) is 63.5 cm³/mol. The second-order valence-electron chi connectivity index (χ2n) is 5.17. The molecule has 0 radical (unpaired) electrons. The minimum absolute atomic E-state index is 0.268. The Morgan fingerprint density at radius 1 is 1.29 bits per heavy atom. The fraction of sp³-hybridized carbons (Fsp3) is 0.833. The summed E-state index contributed by atoms with van der Waals surface area (Å²) in [5, 5.41) is 21.4. The van der Waals surface area contributed by atoms with Crippen LogP contribution in [0.5, 0.6) is 0 Å². The fourth-order valence-corrected chi connectivity index (χ4v) is 2.90. The van der Waals surface area contributed by atoms with Crippen LogP contribution in [0.1, 0.15) is 43.4 Å². The molecule has 17 heavy (non-hydrogen) atoms. The van der Waals surface area contributed by atoms with E-state index in [1.54, 1.807) is 0 Å². The van der Waals surface area contributed by atoms with Gasteiger partial charge in [-0.15, -0.1) is 10.2 Å². The van der Waals surface area contributed by atoms with E-state index in [1.165, 1.54) is 19.3 Å². The number of hydrogen-bond acceptors (Lipinski definition) is 4. The average Bonchev–Trinajstić information content (AvgIpc) is 2.82. The predicted octanol–water partition coefficient (Wildman–Crippen LogP) is 0.647. The van der Waals surface area contributed by atoms with Gasteiger partial charge in [0.2, 0.25) is 0 Å². The zero-order chi connectivity index (χ0) is 11.7. The summed E-state index contributed by atoms with van der Waals surface area (Å²) in [5.41, 5.74) is 0. The SMILES string of the molecule is OCC1CCn2c(nnc2C2CCCCN2)C1. The molecule has 2 aliphatic rings. The molecule has 2 N–H and O–H groups in total. The highest BCUT2D eigenvalue weighted by Gasteiger charge is 2.26. The molecule has 0 amide bonds. The van der Waals surface area contributed by atoms with Crippen molar-refractivity contribution in [2.75, 3.05) is 13.2 Å². The van der Waals surface area contributed by atoms with Crippen LogP contribution in [-0.2, 0) is 13.0 Å². The van der Waals surface area contributed by atoms with Crippen LogP contribution in [0.2, 0.25) is 0 Å². The van der Waals surface area contributed by atoms with E-state index in [0.717, 1.165) is 37.6 Å². The molecule has 2 unspecified atom stereocenters. The monoisotopic (exact) mass is 236 g/mol. The third kappa shape index (κ3) is 2.09. The van der Waals surface area contributed by atoms with Crippen molar-refractivity contribution in [1.82, 2.24) is 20.1 Å². The molecule has 1 fully saturated rings. The minimum Gasteiger partial charge on any atom is -0.396 e. The molecule has 5 heteroatoms. The van der Waals surface area contributed by atoms with Crippen molar-refractivity contribution in [3.05, 3.63) is 11.6 Å². The summed E-state index contributed by atoms with van der Waals surface area (Å²) >= 11 is 0. The average molecular weight is 236 g/mol. The van der Waals surface area contributed by atoms with Crippen LogP contribution in [0.3, 0.4) is 0 Å². The van der Waals surface area contributed by atoms with Crippen LogP contribution >= 0.6 is 0 Å². The van der Waals surface area contributed by atoms with E-state index in [-0.39, 0.29) is 6.61 Å². The number of piperidine rings is 1. The van der Waals surface area contributed by atoms with Gasteiger partial charge in [-0.25, -0.2) is 0 Å². The third-order valence-electron chi connectivity index (χ3n) is 3.97. The lowest BCUT2D eigenvalue weighted by molar-refractivity contribution is 0.197. The largest absolute Gasteiger partial charge is 0.396 e. The molecule has 0 aromatic carbocycles. The minimum atomic E-state index is 0.268. The Morgan fingerprint density at radius 3 is 3.00 bits per heavy atom. The summed E-state index contributed by atoms with van der Waals surface area (Å²) in [6.45, 7) is 2.32. The molecule has 1 saturated heterocycles. The summed E-state index contributed by atoms with van der Waals surface area (Å²) in [4.78, 5) is 0. The van der Waals surface area contributed by atoms with Gasteiger partial charge < -0.3 is 15.0 Å². The van der Waals surface area contributed by atoms with E-state index in [1.807, 2.05) is 0 Å². The Labute approximate surface area is 101 Å². The zero-order valence-corrected chi connectivity index (χ0v) is 10.1. The third-order valence-corrected chi connectivity index (χ3v) is 3.97. The van der Waals surface area contributed by atoms with E-state index < -0.39 is 0 Å². The second kappa shape index (κ2) is 4.74. The lowest BCUT2D eigenvalue weighted by atomic mass is 9.98. The van der Waals surface area contributed by atoms with Crippen molar-refractivity contribution >= 4 is 0 Å². The molecule has 5 nitrogen and oxygen atoms in total. The van der Waals surface area contributed by atoms with Crippen molar-refractivity contribution < 1.29 is 5.11 Å². The highest BCUT2D eigenvalue weighted by atomic mass is 16.3. The summed E-state index contributed by atoms with van der Waals surface area (Å²) in [6.07, 6.45) is 5.63. The van der Waals surface area contributed by atoms with Crippen molar-refractivity contribution in [3.8, 4) is 0 Å². The quantitative estimate of drug-likeness (QED) is 0.791. The highest BCUT2D eigenvalue weighted by molar-refractivity contribution is 5.05. The van der Waals surface area contributed by atoms with Crippen molar-refractivity contribution in [1.29, 1.82) is 0 Å². The Balaban J connectivity index is 1.80. The molecule has 0 bridgehead atoms. The van der Waals surface area contributed by atoms with E-state index >= 15 is 0 Å². The first-order chi connectivity index (χ1) is 8.38. The first-order valence-corrected chi connectivity index (χ1v) is 6.64. The van der Waals surface area contributed by atoms with Gasteiger partial charge in [-0.1, -0.05) is 6.42 Å². The first-order valence-electron chi connectivity index (χ1n) is 6.64. The number of aromatic nitrogens is 3. The van der Waals surface area contributed by atoms with E-state index in [2.05, 4.69) is 20.1 Å². The maximum atomic E-state index is 9.20. The maximum Gasteiger partial charge on any atom is 0.150 e. The van der Waals surface area contributed by atoms with Crippen LogP contribution in [-0.4, -0.2) is 33.0 Å². The van der Waals surface area contributed by atoms with Gasteiger partial charge in [0.05, 0.1) is 6.04 Å². The number of aliphatic hydroxyl groups excluding tert-OH is 1. The summed E-state index contributed by atoms with van der Waals surface area (Å²) in [6, 6.07) is 0.385. The lowest BCUT2D eigenvalue weighted by Crippen LogP contribution is -2.31. The van der Waals surface area contributed by atoms with Gasteiger partial charge in [0, 0.05) is 19.6 Å². The number of nitrogens with zero attached hydrogens (tertiary/aromatic N) is 3. The second-order valence-corrected chi connectivity index (χ2v) is 5.17. The summed E-state index contributed by atoms with van der Waals surface area (Å²) < 4.78 is 2.26. The topological polar surface area (TPSA) is 63.0 Å². The summed E-state index contributed by atoms with van der Waals surface area (Å²) in [7, 11) is 0. The number of rotatable bonds is 2. The lowest BCUT2D eigenvalue weighted by Gasteiger charge is -2.26. The molecule has 94 valence electrons. The van der Waals surface area contributed by atoms with Crippen LogP contribution in [0.25, 0.3) is 0 Å². The van der Waals surface area contributed by atoms with Gasteiger partial charge in [0.15, 0.2) is 0 Å². The van der Waals surface area contributed by atoms with Crippen LogP contribution in [0, 0.1) is 5.92 Å². The molecule has 3 rings (SSSR count). The van der Waals surface area contributed by atoms with Crippen molar-refractivity contribution in [2.24, 2.45) is 5.92 Å². The van der Waals surface area contributed by atoms with Crippen LogP contribution < -0.4 is 5.32 Å². The molecule has 1 aromatic rings. The van der Waals surface area contributed by atoms with Gasteiger partial charge >= 0.3 is 0 Å².